The maximum absolute atomic E-state index is 12.6. The summed E-state index contributed by atoms with van der Waals surface area (Å²) in [5.74, 6) is -6.29. The van der Waals surface area contributed by atoms with Gasteiger partial charge in [0.2, 0.25) is 0 Å². The third-order valence-corrected chi connectivity index (χ3v) is 1.52. The van der Waals surface area contributed by atoms with E-state index in [1.165, 1.54) is 5.10 Å². The molecule has 15 heavy (non-hydrogen) atoms. The van der Waals surface area contributed by atoms with E-state index < -0.39 is 29.4 Å². The van der Waals surface area contributed by atoms with Crippen LogP contribution in [0.15, 0.2) is 6.07 Å². The van der Waals surface area contributed by atoms with Crippen LogP contribution in [0.4, 0.5) is 22.0 Å². The topological polar surface area (TPSA) is 71.8 Å². The van der Waals surface area contributed by atoms with E-state index in [4.69, 9.17) is 0 Å². The van der Waals surface area contributed by atoms with Crippen molar-refractivity contribution in [3.8, 4) is 0 Å². The lowest BCUT2D eigenvalue weighted by Gasteiger charge is -2.17. The van der Waals surface area contributed by atoms with Gasteiger partial charge in [0.05, 0.1) is 0 Å². The molecule has 0 fully saturated rings. The number of amides is 1. The van der Waals surface area contributed by atoms with Gasteiger partial charge < -0.3 is 5.73 Å². The first-order chi connectivity index (χ1) is 6.66. The van der Waals surface area contributed by atoms with Gasteiger partial charge in [-0.3, -0.25) is 9.89 Å². The van der Waals surface area contributed by atoms with Crippen LogP contribution in [0.3, 0.4) is 0 Å². The minimum Gasteiger partial charge on any atom is -0.364 e. The Labute approximate surface area is 79.3 Å². The average molecular weight is 229 g/mol. The van der Waals surface area contributed by atoms with E-state index in [9.17, 15) is 26.7 Å². The molecule has 0 saturated carbocycles. The van der Waals surface area contributed by atoms with Crippen LogP contribution in [0, 0.1) is 0 Å². The predicted molar refractivity (Wildman–Crippen MR) is 37.1 cm³/mol. The quantitative estimate of drug-likeness (QED) is 0.747. The second-order valence-corrected chi connectivity index (χ2v) is 2.60. The lowest BCUT2D eigenvalue weighted by Crippen LogP contribution is -2.34. The molecule has 1 amide bonds. The molecule has 0 unspecified atom stereocenters. The smallest absolute Gasteiger partial charge is 0.364 e. The molecule has 0 aliphatic carbocycles. The van der Waals surface area contributed by atoms with Crippen molar-refractivity contribution < 1.29 is 26.7 Å². The van der Waals surface area contributed by atoms with Gasteiger partial charge in [-0.2, -0.15) is 27.1 Å². The lowest BCUT2D eigenvalue weighted by molar-refractivity contribution is -0.290. The molecule has 0 aliphatic heterocycles. The van der Waals surface area contributed by atoms with E-state index in [-0.39, 0.29) is 6.07 Å². The summed E-state index contributed by atoms with van der Waals surface area (Å²) in [7, 11) is 0. The van der Waals surface area contributed by atoms with Crippen LogP contribution >= 0.6 is 0 Å². The van der Waals surface area contributed by atoms with Gasteiger partial charge in [-0.15, -0.1) is 0 Å². The minimum absolute atomic E-state index is 0.260. The number of aromatic nitrogens is 2. The first-order valence-electron chi connectivity index (χ1n) is 3.46. The molecule has 3 N–H and O–H groups in total. The SMILES string of the molecule is NC(=O)c1cc(C(F)(F)C(F)(F)F)[nH]n1. The molecular formula is C6H4F5N3O. The first-order valence-corrected chi connectivity index (χ1v) is 3.46. The van der Waals surface area contributed by atoms with Crippen molar-refractivity contribution in [3.05, 3.63) is 17.5 Å². The Hall–Kier alpha value is -1.67. The lowest BCUT2D eigenvalue weighted by atomic mass is 10.2. The normalized spacial score (nSPS) is 12.9. The van der Waals surface area contributed by atoms with Crippen molar-refractivity contribution >= 4 is 5.91 Å². The van der Waals surface area contributed by atoms with Gasteiger partial charge in [-0.1, -0.05) is 0 Å². The maximum atomic E-state index is 12.6. The number of hydrogen-bond acceptors (Lipinski definition) is 2. The Bertz CT molecular complexity index is 382. The minimum atomic E-state index is -5.76. The highest BCUT2D eigenvalue weighted by molar-refractivity contribution is 5.90. The Morgan fingerprint density at radius 3 is 2.20 bits per heavy atom. The molecule has 1 heterocycles. The molecule has 0 spiro atoms. The third-order valence-electron chi connectivity index (χ3n) is 1.52. The van der Waals surface area contributed by atoms with Crippen molar-refractivity contribution in [2.45, 2.75) is 12.1 Å². The summed E-state index contributed by atoms with van der Waals surface area (Å²) in [6.07, 6.45) is -5.76. The Kier molecular flexibility index (Phi) is 2.41. The van der Waals surface area contributed by atoms with Crippen LogP contribution < -0.4 is 5.73 Å². The Balaban J connectivity index is 3.11. The second-order valence-electron chi connectivity index (χ2n) is 2.60. The second kappa shape index (κ2) is 3.17. The van der Waals surface area contributed by atoms with Crippen molar-refractivity contribution in [2.75, 3.05) is 0 Å². The van der Waals surface area contributed by atoms with Crippen LogP contribution in [0.2, 0.25) is 0 Å². The number of halogens is 5. The van der Waals surface area contributed by atoms with Crippen LogP contribution in [0.1, 0.15) is 16.2 Å². The fourth-order valence-electron chi connectivity index (χ4n) is 0.761. The molecule has 0 bridgehead atoms. The molecule has 0 aromatic carbocycles. The van der Waals surface area contributed by atoms with Gasteiger partial charge in [-0.25, -0.2) is 0 Å². The van der Waals surface area contributed by atoms with Crippen LogP contribution in [0.5, 0.6) is 0 Å². The highest BCUT2D eigenvalue weighted by atomic mass is 19.4. The molecule has 84 valence electrons. The maximum Gasteiger partial charge on any atom is 0.459 e. The summed E-state index contributed by atoms with van der Waals surface area (Å²) in [6, 6.07) is 0.260. The van der Waals surface area contributed by atoms with Gasteiger partial charge in [0, 0.05) is 0 Å². The van der Waals surface area contributed by atoms with E-state index in [1.807, 2.05) is 0 Å². The number of nitrogens with one attached hydrogen (secondary N) is 1. The molecule has 0 saturated heterocycles. The summed E-state index contributed by atoms with van der Waals surface area (Å²) in [6.45, 7) is 0. The largest absolute Gasteiger partial charge is 0.459 e. The number of nitrogens with two attached hydrogens (primary N) is 1. The fourth-order valence-corrected chi connectivity index (χ4v) is 0.761. The van der Waals surface area contributed by atoms with Crippen LogP contribution in [-0.4, -0.2) is 22.3 Å². The van der Waals surface area contributed by atoms with E-state index in [2.05, 4.69) is 10.8 Å². The first kappa shape index (κ1) is 11.4. The zero-order chi connectivity index (χ0) is 11.9. The number of alkyl halides is 5. The molecule has 4 nitrogen and oxygen atoms in total. The molecule has 1 aromatic rings. The van der Waals surface area contributed by atoms with E-state index >= 15 is 0 Å². The number of nitrogens with zero attached hydrogens (tertiary/aromatic N) is 1. The van der Waals surface area contributed by atoms with Crippen molar-refractivity contribution in [3.63, 3.8) is 0 Å². The molecule has 0 radical (unpaired) electrons. The third kappa shape index (κ3) is 1.90. The molecular weight excluding hydrogens is 225 g/mol. The molecule has 9 heteroatoms. The number of aromatic amines is 1. The monoisotopic (exact) mass is 229 g/mol. The van der Waals surface area contributed by atoms with Crippen LogP contribution in [-0.2, 0) is 5.92 Å². The molecule has 1 aromatic heterocycles. The van der Waals surface area contributed by atoms with Crippen molar-refractivity contribution in [2.24, 2.45) is 5.73 Å². The number of hydrogen-bond donors (Lipinski definition) is 2. The number of rotatable bonds is 2. The van der Waals surface area contributed by atoms with Crippen LogP contribution in [0.25, 0.3) is 0 Å². The Morgan fingerprint density at radius 2 is 1.87 bits per heavy atom. The van der Waals surface area contributed by atoms with Gasteiger partial charge in [0.25, 0.3) is 5.91 Å². The fraction of sp³-hybridized carbons (Fsp3) is 0.333. The standard InChI is InChI=1S/C6H4F5N3O/c7-5(8,6(9,10)11)3-1-2(4(12)15)13-14-3/h1H,(H2,12,15)(H,13,14). The zero-order valence-corrected chi connectivity index (χ0v) is 6.90. The summed E-state index contributed by atoms with van der Waals surface area (Å²) in [5.41, 5.74) is 2.42. The molecule has 0 atom stereocenters. The summed E-state index contributed by atoms with van der Waals surface area (Å²) < 4.78 is 60.6. The number of carbonyl (C=O) groups excluding carboxylic acids is 1. The average Bonchev–Trinajstić information content (AvgIpc) is 2.49. The summed E-state index contributed by atoms with van der Waals surface area (Å²) in [4.78, 5) is 10.4. The number of H-pyrrole nitrogens is 1. The van der Waals surface area contributed by atoms with Gasteiger partial charge >= 0.3 is 12.1 Å². The van der Waals surface area contributed by atoms with E-state index in [0.717, 1.165) is 0 Å². The van der Waals surface area contributed by atoms with Crippen molar-refractivity contribution in [1.29, 1.82) is 0 Å². The highest BCUT2D eigenvalue weighted by Gasteiger charge is 2.60. The summed E-state index contributed by atoms with van der Waals surface area (Å²) in [5, 5.41) is 4.33. The number of primary amides is 1. The summed E-state index contributed by atoms with van der Waals surface area (Å²) >= 11 is 0. The van der Waals surface area contributed by atoms with Gasteiger partial charge in [0.1, 0.15) is 11.4 Å². The van der Waals surface area contributed by atoms with E-state index in [0.29, 0.717) is 0 Å². The molecule has 0 aliphatic rings. The molecule has 1 rings (SSSR count). The number of carbonyl (C=O) groups is 1. The van der Waals surface area contributed by atoms with E-state index in [1.54, 1.807) is 0 Å². The Morgan fingerprint density at radius 1 is 1.33 bits per heavy atom. The zero-order valence-electron chi connectivity index (χ0n) is 6.90. The highest BCUT2D eigenvalue weighted by Crippen LogP contribution is 2.42. The predicted octanol–water partition coefficient (Wildman–Crippen LogP) is 1.16. The van der Waals surface area contributed by atoms with Gasteiger partial charge in [-0.05, 0) is 6.07 Å². The van der Waals surface area contributed by atoms with Gasteiger partial charge in [0.15, 0.2) is 0 Å². The van der Waals surface area contributed by atoms with Crippen molar-refractivity contribution in [1.82, 2.24) is 10.2 Å².